The van der Waals surface area contributed by atoms with E-state index in [2.05, 4.69) is 26.1 Å². The van der Waals surface area contributed by atoms with Gasteiger partial charge in [-0.2, -0.15) is 0 Å². The Balaban J connectivity index is 1.66. The van der Waals surface area contributed by atoms with Crippen molar-refractivity contribution in [2.45, 2.75) is 33.2 Å². The van der Waals surface area contributed by atoms with E-state index in [1.807, 2.05) is 42.5 Å². The molecule has 0 spiro atoms. The zero-order valence-corrected chi connectivity index (χ0v) is 16.2. The Morgan fingerprint density at radius 2 is 1.85 bits per heavy atom. The van der Waals surface area contributed by atoms with E-state index in [-0.39, 0.29) is 24.5 Å². The smallest absolute Gasteiger partial charge is 0.258 e. The second-order valence-electron chi connectivity index (χ2n) is 6.94. The van der Waals surface area contributed by atoms with Crippen LogP contribution in [0.3, 0.4) is 0 Å². The summed E-state index contributed by atoms with van der Waals surface area (Å²) in [6.45, 7) is 7.32. The van der Waals surface area contributed by atoms with Crippen LogP contribution in [0, 0.1) is 5.92 Å². The van der Waals surface area contributed by atoms with Crippen molar-refractivity contribution in [3.63, 3.8) is 0 Å². The molecule has 3 rings (SSSR count). The van der Waals surface area contributed by atoms with Gasteiger partial charge in [0.15, 0.2) is 18.1 Å². The SMILES string of the molecule is CCc1ccccc1OCC(=O)N[C@@H](c1ccc2c(c1)OCCO2)C(C)C. The molecule has 0 radical (unpaired) electrons. The summed E-state index contributed by atoms with van der Waals surface area (Å²) in [5, 5.41) is 3.09. The summed E-state index contributed by atoms with van der Waals surface area (Å²) < 4.78 is 17.0. The number of carbonyl (C=O) groups excluding carboxylic acids is 1. The third-order valence-corrected chi connectivity index (χ3v) is 4.62. The van der Waals surface area contributed by atoms with E-state index in [0.717, 1.165) is 34.8 Å². The van der Waals surface area contributed by atoms with E-state index in [1.54, 1.807) is 0 Å². The average molecular weight is 369 g/mol. The van der Waals surface area contributed by atoms with Gasteiger partial charge in [-0.3, -0.25) is 4.79 Å². The summed E-state index contributed by atoms with van der Waals surface area (Å²) in [5.74, 6) is 2.31. The van der Waals surface area contributed by atoms with E-state index >= 15 is 0 Å². The second kappa shape index (κ2) is 8.80. The number of ether oxygens (including phenoxy) is 3. The maximum Gasteiger partial charge on any atom is 0.258 e. The monoisotopic (exact) mass is 369 g/mol. The van der Waals surface area contributed by atoms with Crippen LogP contribution in [-0.4, -0.2) is 25.7 Å². The molecule has 0 aliphatic carbocycles. The highest BCUT2D eigenvalue weighted by atomic mass is 16.6. The van der Waals surface area contributed by atoms with Crippen molar-refractivity contribution in [3.05, 3.63) is 53.6 Å². The Kier molecular flexibility index (Phi) is 6.22. The van der Waals surface area contributed by atoms with Gasteiger partial charge in [0.1, 0.15) is 19.0 Å². The second-order valence-corrected chi connectivity index (χ2v) is 6.94. The zero-order chi connectivity index (χ0) is 19.2. The summed E-state index contributed by atoms with van der Waals surface area (Å²) in [4.78, 5) is 12.5. The molecule has 5 nitrogen and oxygen atoms in total. The first-order valence-electron chi connectivity index (χ1n) is 9.48. The van der Waals surface area contributed by atoms with Crippen molar-refractivity contribution in [1.29, 1.82) is 0 Å². The van der Waals surface area contributed by atoms with Gasteiger partial charge in [0, 0.05) is 0 Å². The molecule has 0 aromatic heterocycles. The predicted octanol–water partition coefficient (Wildman–Crippen LogP) is 3.91. The number of hydrogen-bond acceptors (Lipinski definition) is 4. The molecular formula is C22H27NO4. The molecule has 0 saturated carbocycles. The van der Waals surface area contributed by atoms with Crippen molar-refractivity contribution in [3.8, 4) is 17.2 Å². The van der Waals surface area contributed by atoms with E-state index in [4.69, 9.17) is 14.2 Å². The van der Waals surface area contributed by atoms with Crippen molar-refractivity contribution in [1.82, 2.24) is 5.32 Å². The minimum Gasteiger partial charge on any atom is -0.486 e. The number of benzene rings is 2. The van der Waals surface area contributed by atoms with E-state index < -0.39 is 0 Å². The fourth-order valence-corrected chi connectivity index (χ4v) is 3.18. The topological polar surface area (TPSA) is 56.8 Å². The highest BCUT2D eigenvalue weighted by molar-refractivity contribution is 5.78. The Hall–Kier alpha value is -2.69. The van der Waals surface area contributed by atoms with Crippen LogP contribution in [0.1, 0.15) is 37.9 Å². The third kappa shape index (κ3) is 4.73. The molecule has 0 fully saturated rings. The van der Waals surface area contributed by atoms with Gasteiger partial charge in [-0.1, -0.05) is 45.0 Å². The number of rotatable bonds is 7. The van der Waals surface area contributed by atoms with Gasteiger partial charge < -0.3 is 19.5 Å². The summed E-state index contributed by atoms with van der Waals surface area (Å²) in [7, 11) is 0. The number of amides is 1. The molecule has 2 aromatic rings. The van der Waals surface area contributed by atoms with Gasteiger partial charge in [0.2, 0.25) is 0 Å². The Morgan fingerprint density at radius 3 is 2.59 bits per heavy atom. The molecule has 1 heterocycles. The molecule has 0 unspecified atom stereocenters. The molecule has 2 aromatic carbocycles. The van der Waals surface area contributed by atoms with E-state index in [9.17, 15) is 4.79 Å². The lowest BCUT2D eigenvalue weighted by Crippen LogP contribution is -2.35. The highest BCUT2D eigenvalue weighted by Gasteiger charge is 2.21. The minimum atomic E-state index is -0.144. The normalized spacial score (nSPS) is 13.9. The summed E-state index contributed by atoms with van der Waals surface area (Å²) in [6.07, 6.45) is 0.865. The van der Waals surface area contributed by atoms with Gasteiger partial charge in [0.25, 0.3) is 5.91 Å². The molecular weight excluding hydrogens is 342 g/mol. The lowest BCUT2D eigenvalue weighted by Gasteiger charge is -2.25. The highest BCUT2D eigenvalue weighted by Crippen LogP contribution is 2.34. The maximum absolute atomic E-state index is 12.5. The van der Waals surface area contributed by atoms with Crippen LogP contribution in [0.2, 0.25) is 0 Å². The van der Waals surface area contributed by atoms with Gasteiger partial charge in [-0.15, -0.1) is 0 Å². The first-order chi connectivity index (χ1) is 13.1. The first kappa shape index (κ1) is 19.1. The van der Waals surface area contributed by atoms with Crippen molar-refractivity contribution in [2.75, 3.05) is 19.8 Å². The van der Waals surface area contributed by atoms with Crippen LogP contribution in [0.4, 0.5) is 0 Å². The molecule has 1 amide bonds. The Labute approximate surface area is 160 Å². The molecule has 1 N–H and O–H groups in total. The lowest BCUT2D eigenvalue weighted by atomic mass is 9.95. The fraction of sp³-hybridized carbons (Fsp3) is 0.409. The molecule has 1 atom stereocenters. The molecule has 1 aliphatic heterocycles. The minimum absolute atomic E-state index is 0.00914. The maximum atomic E-state index is 12.5. The van der Waals surface area contributed by atoms with Gasteiger partial charge in [-0.25, -0.2) is 0 Å². The number of fused-ring (bicyclic) bond motifs is 1. The Bertz CT molecular complexity index is 788. The van der Waals surface area contributed by atoms with Crippen LogP contribution in [0.25, 0.3) is 0 Å². The van der Waals surface area contributed by atoms with Crippen LogP contribution in [0.5, 0.6) is 17.2 Å². The number of carbonyl (C=O) groups is 1. The van der Waals surface area contributed by atoms with Crippen molar-refractivity contribution >= 4 is 5.91 Å². The summed E-state index contributed by atoms with van der Waals surface area (Å²) in [6, 6.07) is 13.5. The molecule has 0 saturated heterocycles. The Morgan fingerprint density at radius 1 is 1.11 bits per heavy atom. The van der Waals surface area contributed by atoms with E-state index in [0.29, 0.717) is 13.2 Å². The van der Waals surface area contributed by atoms with Gasteiger partial charge >= 0.3 is 0 Å². The quantitative estimate of drug-likeness (QED) is 0.804. The number of hydrogen-bond donors (Lipinski definition) is 1. The number of aryl methyl sites for hydroxylation is 1. The zero-order valence-electron chi connectivity index (χ0n) is 16.2. The standard InChI is InChI=1S/C22H27NO4/c1-4-16-7-5-6-8-18(16)27-14-21(24)23-22(15(2)3)17-9-10-19-20(13-17)26-12-11-25-19/h5-10,13,15,22H,4,11-12,14H2,1-3H3,(H,23,24)/t22-/m1/s1. The predicted molar refractivity (Wildman–Crippen MR) is 104 cm³/mol. The van der Waals surface area contributed by atoms with Gasteiger partial charge in [-0.05, 0) is 41.7 Å². The molecule has 1 aliphatic rings. The number of nitrogens with one attached hydrogen (secondary N) is 1. The molecule has 27 heavy (non-hydrogen) atoms. The lowest BCUT2D eigenvalue weighted by molar-refractivity contribution is -0.124. The van der Waals surface area contributed by atoms with Gasteiger partial charge in [0.05, 0.1) is 6.04 Å². The van der Waals surface area contributed by atoms with Crippen molar-refractivity contribution in [2.24, 2.45) is 5.92 Å². The van der Waals surface area contributed by atoms with E-state index in [1.165, 1.54) is 0 Å². The van der Waals surface area contributed by atoms with Crippen LogP contribution in [-0.2, 0) is 11.2 Å². The molecule has 5 heteroatoms. The third-order valence-electron chi connectivity index (χ3n) is 4.62. The average Bonchev–Trinajstić information content (AvgIpc) is 2.70. The first-order valence-corrected chi connectivity index (χ1v) is 9.48. The largest absolute Gasteiger partial charge is 0.486 e. The fourth-order valence-electron chi connectivity index (χ4n) is 3.18. The summed E-state index contributed by atoms with van der Waals surface area (Å²) >= 11 is 0. The summed E-state index contributed by atoms with van der Waals surface area (Å²) in [5.41, 5.74) is 2.09. The number of para-hydroxylation sites is 1. The van der Waals surface area contributed by atoms with Crippen LogP contribution < -0.4 is 19.5 Å². The van der Waals surface area contributed by atoms with Crippen LogP contribution in [0.15, 0.2) is 42.5 Å². The van der Waals surface area contributed by atoms with Crippen molar-refractivity contribution < 1.29 is 19.0 Å². The molecule has 0 bridgehead atoms. The molecule has 144 valence electrons. The van der Waals surface area contributed by atoms with Crippen LogP contribution >= 0.6 is 0 Å².